The van der Waals surface area contributed by atoms with Gasteiger partial charge >= 0.3 is 0 Å². The molecule has 1 aliphatic rings. The van der Waals surface area contributed by atoms with Crippen LogP contribution in [0.2, 0.25) is 10.0 Å². The van der Waals surface area contributed by atoms with Gasteiger partial charge in [0.25, 0.3) is 0 Å². The molecule has 0 bridgehead atoms. The fraction of sp³-hybridized carbons (Fsp3) is 0.200. The number of hydrogen-bond donors (Lipinski definition) is 1. The molecule has 0 saturated carbocycles. The Morgan fingerprint density at radius 1 is 0.850 bits per heavy atom. The van der Waals surface area contributed by atoms with Crippen LogP contribution in [0.5, 0.6) is 11.5 Å². The van der Waals surface area contributed by atoms with Gasteiger partial charge in [-0.3, -0.25) is 0 Å². The van der Waals surface area contributed by atoms with Gasteiger partial charge in [0, 0.05) is 0 Å². The molecular weight excluding hydrogens is 297 g/mol. The van der Waals surface area contributed by atoms with Gasteiger partial charge in [-0.15, -0.1) is 0 Å². The van der Waals surface area contributed by atoms with E-state index in [1.807, 2.05) is 24.3 Å². The number of fused-ring (bicyclic) bond motifs is 1. The van der Waals surface area contributed by atoms with Gasteiger partial charge < -0.3 is 15.2 Å². The predicted octanol–water partition coefficient (Wildman–Crippen LogP) is 3.81. The molecule has 0 amide bonds. The Hall–Kier alpha value is -1.42. The molecule has 0 spiro atoms. The van der Waals surface area contributed by atoms with Crippen molar-refractivity contribution in [3.63, 3.8) is 0 Å². The summed E-state index contributed by atoms with van der Waals surface area (Å²) >= 11 is 11.9. The Morgan fingerprint density at radius 3 is 2.25 bits per heavy atom. The minimum atomic E-state index is -0.291. The van der Waals surface area contributed by atoms with Crippen LogP contribution in [0.4, 0.5) is 0 Å². The maximum atomic E-state index is 6.27. The molecule has 1 unspecified atom stereocenters. The number of halogens is 2. The number of hydrogen-bond acceptors (Lipinski definition) is 3. The maximum absolute atomic E-state index is 6.27. The molecule has 104 valence electrons. The second-order valence-corrected chi connectivity index (χ2v) is 5.37. The van der Waals surface area contributed by atoms with Gasteiger partial charge in [-0.25, -0.2) is 0 Å². The SMILES string of the molecule is NC(c1ccc(Cl)c(Cl)c1)c1ccc2c(c1)OCCO2. The van der Waals surface area contributed by atoms with Crippen LogP contribution in [0.3, 0.4) is 0 Å². The number of ether oxygens (including phenoxy) is 2. The molecule has 0 aliphatic carbocycles. The zero-order chi connectivity index (χ0) is 14.1. The first-order valence-corrected chi connectivity index (χ1v) is 7.01. The predicted molar refractivity (Wildman–Crippen MR) is 79.9 cm³/mol. The summed E-state index contributed by atoms with van der Waals surface area (Å²) in [6, 6.07) is 10.8. The molecule has 5 heteroatoms. The van der Waals surface area contributed by atoms with E-state index in [2.05, 4.69) is 0 Å². The normalized spacial score (nSPS) is 14.9. The van der Waals surface area contributed by atoms with Crippen molar-refractivity contribution in [1.82, 2.24) is 0 Å². The number of benzene rings is 2. The summed E-state index contributed by atoms with van der Waals surface area (Å²) in [5.41, 5.74) is 8.11. The molecule has 1 atom stereocenters. The fourth-order valence-electron chi connectivity index (χ4n) is 2.15. The Bertz CT molecular complexity index is 646. The summed E-state index contributed by atoms with van der Waals surface area (Å²) in [6.45, 7) is 1.13. The van der Waals surface area contributed by atoms with E-state index in [1.54, 1.807) is 12.1 Å². The summed E-state index contributed by atoms with van der Waals surface area (Å²) in [7, 11) is 0. The van der Waals surface area contributed by atoms with Crippen molar-refractivity contribution in [2.24, 2.45) is 5.73 Å². The van der Waals surface area contributed by atoms with E-state index in [4.69, 9.17) is 38.4 Å². The summed E-state index contributed by atoms with van der Waals surface area (Å²) in [5, 5.41) is 1.02. The van der Waals surface area contributed by atoms with Gasteiger partial charge in [0.1, 0.15) is 13.2 Å². The summed E-state index contributed by atoms with van der Waals surface area (Å²) in [5.74, 6) is 1.48. The minimum absolute atomic E-state index is 0.291. The lowest BCUT2D eigenvalue weighted by Crippen LogP contribution is -2.17. The van der Waals surface area contributed by atoms with Crippen LogP contribution in [0, 0.1) is 0 Å². The lowest BCUT2D eigenvalue weighted by molar-refractivity contribution is 0.171. The molecule has 3 rings (SSSR count). The summed E-state index contributed by atoms with van der Waals surface area (Å²) in [6.07, 6.45) is 0. The van der Waals surface area contributed by atoms with Crippen molar-refractivity contribution in [3.05, 3.63) is 57.6 Å². The van der Waals surface area contributed by atoms with Gasteiger partial charge in [-0.05, 0) is 35.4 Å². The highest BCUT2D eigenvalue weighted by atomic mass is 35.5. The number of rotatable bonds is 2. The monoisotopic (exact) mass is 309 g/mol. The Labute approximate surface area is 127 Å². The third kappa shape index (κ3) is 2.57. The smallest absolute Gasteiger partial charge is 0.161 e. The first-order valence-electron chi connectivity index (χ1n) is 6.25. The molecule has 3 nitrogen and oxygen atoms in total. The molecule has 20 heavy (non-hydrogen) atoms. The van der Waals surface area contributed by atoms with E-state index in [0.29, 0.717) is 23.3 Å². The minimum Gasteiger partial charge on any atom is -0.486 e. The molecule has 2 aromatic rings. The highest BCUT2D eigenvalue weighted by molar-refractivity contribution is 6.42. The molecule has 0 aromatic heterocycles. The summed E-state index contributed by atoms with van der Waals surface area (Å²) < 4.78 is 11.1. The standard InChI is InChI=1S/C15H13Cl2NO2/c16-11-3-1-9(7-12(11)17)15(18)10-2-4-13-14(8-10)20-6-5-19-13/h1-4,7-8,15H,5-6,18H2. The third-order valence-electron chi connectivity index (χ3n) is 3.23. The van der Waals surface area contributed by atoms with E-state index in [0.717, 1.165) is 22.6 Å². The lowest BCUT2D eigenvalue weighted by atomic mass is 9.99. The van der Waals surface area contributed by atoms with E-state index in [9.17, 15) is 0 Å². The quantitative estimate of drug-likeness (QED) is 0.917. The van der Waals surface area contributed by atoms with Crippen molar-refractivity contribution < 1.29 is 9.47 Å². The molecule has 2 aromatic carbocycles. The van der Waals surface area contributed by atoms with Crippen molar-refractivity contribution in [2.45, 2.75) is 6.04 Å². The average molecular weight is 310 g/mol. The highest BCUT2D eigenvalue weighted by Gasteiger charge is 2.16. The van der Waals surface area contributed by atoms with Gasteiger partial charge in [-0.2, -0.15) is 0 Å². The molecule has 0 radical (unpaired) electrons. The molecule has 0 fully saturated rings. The summed E-state index contributed by atoms with van der Waals surface area (Å²) in [4.78, 5) is 0. The fourth-order valence-corrected chi connectivity index (χ4v) is 2.46. The number of nitrogens with two attached hydrogens (primary N) is 1. The van der Waals surface area contributed by atoms with Crippen LogP contribution in [-0.4, -0.2) is 13.2 Å². The Morgan fingerprint density at radius 2 is 1.50 bits per heavy atom. The van der Waals surface area contributed by atoms with Crippen molar-refractivity contribution >= 4 is 23.2 Å². The molecule has 2 N–H and O–H groups in total. The second kappa shape index (κ2) is 5.52. The van der Waals surface area contributed by atoms with Crippen molar-refractivity contribution in [2.75, 3.05) is 13.2 Å². The molecule has 0 saturated heterocycles. The van der Waals surface area contributed by atoms with Crippen LogP contribution in [0.15, 0.2) is 36.4 Å². The van der Waals surface area contributed by atoms with E-state index < -0.39 is 0 Å². The highest BCUT2D eigenvalue weighted by Crippen LogP contribution is 2.34. The zero-order valence-electron chi connectivity index (χ0n) is 10.6. The first-order chi connectivity index (χ1) is 9.65. The topological polar surface area (TPSA) is 44.5 Å². The van der Waals surface area contributed by atoms with Gasteiger partial charge in [-0.1, -0.05) is 35.3 Å². The van der Waals surface area contributed by atoms with Crippen LogP contribution in [0.1, 0.15) is 17.2 Å². The van der Waals surface area contributed by atoms with E-state index in [-0.39, 0.29) is 6.04 Å². The average Bonchev–Trinajstić information content (AvgIpc) is 2.49. The Balaban J connectivity index is 1.93. The van der Waals surface area contributed by atoms with Crippen LogP contribution in [0.25, 0.3) is 0 Å². The van der Waals surface area contributed by atoms with Crippen LogP contribution >= 0.6 is 23.2 Å². The third-order valence-corrected chi connectivity index (χ3v) is 3.97. The first kappa shape index (κ1) is 13.6. The largest absolute Gasteiger partial charge is 0.486 e. The van der Waals surface area contributed by atoms with Crippen LogP contribution in [-0.2, 0) is 0 Å². The zero-order valence-corrected chi connectivity index (χ0v) is 12.1. The van der Waals surface area contributed by atoms with E-state index >= 15 is 0 Å². The Kier molecular flexibility index (Phi) is 3.74. The second-order valence-electron chi connectivity index (χ2n) is 4.55. The van der Waals surface area contributed by atoms with Gasteiger partial charge in [0.05, 0.1) is 16.1 Å². The molecular formula is C15H13Cl2NO2. The van der Waals surface area contributed by atoms with Gasteiger partial charge in [0.15, 0.2) is 11.5 Å². The van der Waals surface area contributed by atoms with Crippen molar-refractivity contribution in [1.29, 1.82) is 0 Å². The van der Waals surface area contributed by atoms with Crippen molar-refractivity contribution in [3.8, 4) is 11.5 Å². The molecule has 1 heterocycles. The van der Waals surface area contributed by atoms with Gasteiger partial charge in [0.2, 0.25) is 0 Å². The van der Waals surface area contributed by atoms with Crippen LogP contribution < -0.4 is 15.2 Å². The maximum Gasteiger partial charge on any atom is 0.161 e. The lowest BCUT2D eigenvalue weighted by Gasteiger charge is -2.21. The van der Waals surface area contributed by atoms with E-state index in [1.165, 1.54) is 0 Å². The molecule has 1 aliphatic heterocycles.